The van der Waals surface area contributed by atoms with E-state index in [0.29, 0.717) is 0 Å². The van der Waals surface area contributed by atoms with Gasteiger partial charge in [0, 0.05) is 0 Å². The summed E-state index contributed by atoms with van der Waals surface area (Å²) in [6.45, 7) is 2.14. The van der Waals surface area contributed by atoms with Crippen molar-refractivity contribution in [1.29, 1.82) is 0 Å². The Kier molecular flexibility index (Phi) is 9.18. The minimum atomic E-state index is -1.05. The van der Waals surface area contributed by atoms with Crippen LogP contribution < -0.4 is 56.5 Å². The third-order valence-electron chi connectivity index (χ3n) is 2.61. The zero-order valence-electron chi connectivity index (χ0n) is 10.5. The van der Waals surface area contributed by atoms with Crippen LogP contribution in [0.15, 0.2) is 18.2 Å². The molecule has 0 aliphatic heterocycles. The van der Waals surface area contributed by atoms with Crippen LogP contribution >= 0.6 is 0 Å². The Morgan fingerprint density at radius 1 is 1.29 bits per heavy atom. The molecule has 0 aliphatic rings. The van der Waals surface area contributed by atoms with Gasteiger partial charge in [0.2, 0.25) is 0 Å². The molecule has 4 heteroatoms. The Balaban J connectivity index is 0.00000256. The van der Waals surface area contributed by atoms with Gasteiger partial charge in [0.05, 0.1) is 5.56 Å². The molecule has 0 aliphatic carbocycles. The normalized spacial score (nSPS) is 9.71. The first-order valence-corrected chi connectivity index (χ1v) is 5.68. The third kappa shape index (κ3) is 6.02. The van der Waals surface area contributed by atoms with Gasteiger partial charge in [0.25, 0.3) is 0 Å². The molecule has 1 aromatic rings. The third-order valence-corrected chi connectivity index (χ3v) is 2.61. The van der Waals surface area contributed by atoms with Gasteiger partial charge in [-0.1, -0.05) is 43.9 Å². The molecule has 0 bridgehead atoms. The Hall–Kier alpha value is 0.126. The standard InChI is InChI=1S/C13H18O3.K/c1-2-3-4-5-6-10-7-8-11(13(15)16)9-12(10)14;/h7-9,14H,2-6H2,1H3,(H,15,16);/q;+1/p-1. The van der Waals surface area contributed by atoms with E-state index in [9.17, 15) is 9.90 Å². The van der Waals surface area contributed by atoms with Crippen LogP contribution in [0.1, 0.15) is 48.5 Å². The molecule has 1 aromatic carbocycles. The number of carboxylic acid groups (broad SMARTS) is 1. The summed E-state index contributed by atoms with van der Waals surface area (Å²) < 4.78 is 0. The van der Waals surface area contributed by atoms with Crippen LogP contribution in [0.5, 0.6) is 5.75 Å². The zero-order chi connectivity index (χ0) is 12.0. The number of rotatable bonds is 6. The Bertz CT molecular complexity index is 364. The fourth-order valence-corrected chi connectivity index (χ4v) is 1.64. The van der Waals surface area contributed by atoms with Crippen molar-refractivity contribution in [3.63, 3.8) is 0 Å². The molecule has 0 amide bonds. The van der Waals surface area contributed by atoms with Crippen LogP contribution in [0.3, 0.4) is 0 Å². The second-order valence-electron chi connectivity index (χ2n) is 3.94. The van der Waals surface area contributed by atoms with E-state index in [1.165, 1.54) is 25.0 Å². The minimum absolute atomic E-state index is 0. The number of carbonyl (C=O) groups is 1. The van der Waals surface area contributed by atoms with Crippen molar-refractivity contribution < 1.29 is 66.4 Å². The maximum atomic E-state index is 11.5. The fraction of sp³-hybridized carbons (Fsp3) is 0.462. The smallest absolute Gasteiger partial charge is 0.872 e. The summed E-state index contributed by atoms with van der Waals surface area (Å²) in [5.41, 5.74) is 0.795. The maximum Gasteiger partial charge on any atom is 1.00 e. The second kappa shape index (κ2) is 9.11. The SMILES string of the molecule is CCCCCCc1ccc(C(=O)O)cc1[O-].[K+]. The van der Waals surface area contributed by atoms with Crippen molar-refractivity contribution in [1.82, 2.24) is 0 Å². The number of hydrogen-bond acceptors (Lipinski definition) is 2. The summed E-state index contributed by atoms with van der Waals surface area (Å²) >= 11 is 0. The van der Waals surface area contributed by atoms with Gasteiger partial charge in [0.15, 0.2) is 0 Å². The number of carboxylic acids is 1. The largest absolute Gasteiger partial charge is 1.00 e. The Morgan fingerprint density at radius 3 is 2.53 bits per heavy atom. The predicted molar refractivity (Wildman–Crippen MR) is 60.7 cm³/mol. The van der Waals surface area contributed by atoms with Gasteiger partial charge >= 0.3 is 57.4 Å². The van der Waals surface area contributed by atoms with Gasteiger partial charge in [-0.2, -0.15) is 0 Å². The molecule has 88 valence electrons. The van der Waals surface area contributed by atoms with Crippen molar-refractivity contribution in [3.8, 4) is 5.75 Å². The van der Waals surface area contributed by atoms with Crippen LogP contribution in [0.4, 0.5) is 0 Å². The Morgan fingerprint density at radius 2 is 2.00 bits per heavy atom. The summed E-state index contributed by atoms with van der Waals surface area (Å²) in [6, 6.07) is 4.34. The topological polar surface area (TPSA) is 60.4 Å². The van der Waals surface area contributed by atoms with Crippen molar-refractivity contribution in [2.45, 2.75) is 39.0 Å². The predicted octanol–water partition coefficient (Wildman–Crippen LogP) is -0.415. The summed E-state index contributed by atoms with van der Waals surface area (Å²) in [4.78, 5) is 10.6. The molecular formula is C13H17KO3. The molecule has 0 fully saturated rings. The molecule has 0 saturated heterocycles. The number of hydrogen-bond donors (Lipinski definition) is 1. The number of aromatic carboxylic acids is 1. The number of benzene rings is 1. The zero-order valence-corrected chi connectivity index (χ0v) is 13.7. The van der Waals surface area contributed by atoms with Crippen LogP contribution in [-0.4, -0.2) is 11.1 Å². The first-order valence-electron chi connectivity index (χ1n) is 5.68. The molecule has 1 N–H and O–H groups in total. The van der Waals surface area contributed by atoms with E-state index in [4.69, 9.17) is 5.11 Å². The van der Waals surface area contributed by atoms with Crippen LogP contribution in [0.2, 0.25) is 0 Å². The summed E-state index contributed by atoms with van der Waals surface area (Å²) in [7, 11) is 0. The van der Waals surface area contributed by atoms with Gasteiger partial charge in [0.1, 0.15) is 0 Å². The average molecular weight is 260 g/mol. The van der Waals surface area contributed by atoms with Gasteiger partial charge in [-0.25, -0.2) is 4.79 Å². The molecule has 17 heavy (non-hydrogen) atoms. The van der Waals surface area contributed by atoms with Crippen molar-refractivity contribution in [2.24, 2.45) is 0 Å². The monoisotopic (exact) mass is 260 g/mol. The molecule has 1 rings (SSSR count). The van der Waals surface area contributed by atoms with E-state index in [0.717, 1.165) is 24.8 Å². The molecule has 3 nitrogen and oxygen atoms in total. The molecule has 0 spiro atoms. The van der Waals surface area contributed by atoms with Gasteiger partial charge < -0.3 is 10.2 Å². The first kappa shape index (κ1) is 17.1. The summed E-state index contributed by atoms with van der Waals surface area (Å²) in [6.07, 6.45) is 5.22. The van der Waals surface area contributed by atoms with Gasteiger partial charge in [-0.15, -0.1) is 5.75 Å². The van der Waals surface area contributed by atoms with Crippen molar-refractivity contribution >= 4 is 5.97 Å². The fourth-order valence-electron chi connectivity index (χ4n) is 1.64. The van der Waals surface area contributed by atoms with Crippen LogP contribution in [0.25, 0.3) is 0 Å². The molecule has 0 radical (unpaired) electrons. The minimum Gasteiger partial charge on any atom is -0.872 e. The summed E-state index contributed by atoms with van der Waals surface area (Å²) in [5.74, 6) is -1.20. The quantitative estimate of drug-likeness (QED) is 0.558. The van der Waals surface area contributed by atoms with Crippen molar-refractivity contribution in [2.75, 3.05) is 0 Å². The molecule has 0 aromatic heterocycles. The number of aryl methyl sites for hydroxylation is 1. The van der Waals surface area contributed by atoms with E-state index in [1.807, 2.05) is 0 Å². The van der Waals surface area contributed by atoms with E-state index in [1.54, 1.807) is 6.07 Å². The second-order valence-corrected chi connectivity index (χ2v) is 3.94. The molecule has 0 heterocycles. The van der Waals surface area contributed by atoms with Crippen molar-refractivity contribution in [3.05, 3.63) is 29.3 Å². The van der Waals surface area contributed by atoms with Crippen LogP contribution in [0, 0.1) is 0 Å². The number of unbranched alkanes of at least 4 members (excludes halogenated alkanes) is 3. The molecular weight excluding hydrogens is 243 g/mol. The van der Waals surface area contributed by atoms with E-state index in [2.05, 4.69) is 6.92 Å². The Labute approximate surface area is 145 Å². The van der Waals surface area contributed by atoms with E-state index < -0.39 is 5.97 Å². The van der Waals surface area contributed by atoms with Gasteiger partial charge in [-0.3, -0.25) is 0 Å². The average Bonchev–Trinajstić information content (AvgIpc) is 2.26. The maximum absolute atomic E-state index is 11.5. The first-order chi connectivity index (χ1) is 7.65. The van der Waals surface area contributed by atoms with E-state index in [-0.39, 0.29) is 62.7 Å². The molecule has 0 saturated carbocycles. The van der Waals surface area contributed by atoms with E-state index >= 15 is 0 Å². The molecule has 0 atom stereocenters. The summed E-state index contributed by atoms with van der Waals surface area (Å²) in [5, 5.41) is 20.3. The molecule has 0 unspecified atom stereocenters. The van der Waals surface area contributed by atoms with Gasteiger partial charge in [-0.05, 0) is 18.9 Å². The van der Waals surface area contributed by atoms with Crippen LogP contribution in [-0.2, 0) is 6.42 Å².